The maximum Gasteiger partial charge on any atom is 0.253 e. The van der Waals surface area contributed by atoms with Crippen LogP contribution in [0.4, 0.5) is 4.39 Å². The number of aliphatic hydroxyl groups is 2. The zero-order chi connectivity index (χ0) is 22.0. The Morgan fingerprint density at radius 1 is 1.16 bits per heavy atom. The number of likely N-dealkylation sites (tertiary alicyclic amines) is 1. The Bertz CT molecular complexity index is 1090. The lowest BCUT2D eigenvalue weighted by atomic mass is 9.91. The highest BCUT2D eigenvalue weighted by atomic mass is 19.1. The molecular formula is C25H26FNO4. The van der Waals surface area contributed by atoms with Crippen LogP contribution in [0, 0.1) is 11.7 Å². The molecule has 3 aromatic carbocycles. The fourth-order valence-corrected chi connectivity index (χ4v) is 4.39. The van der Waals surface area contributed by atoms with Gasteiger partial charge in [0.15, 0.2) is 0 Å². The number of nitrogens with zero attached hydrogens (tertiary/aromatic N) is 1. The van der Waals surface area contributed by atoms with Gasteiger partial charge in [-0.25, -0.2) is 4.39 Å². The Morgan fingerprint density at radius 3 is 2.61 bits per heavy atom. The molecule has 0 spiro atoms. The van der Waals surface area contributed by atoms with Gasteiger partial charge in [0.1, 0.15) is 11.6 Å². The SMILES string of the molecule is COc1cccc(F)c1-c1cccc2cc(C(=O)N3CCC(C(O)CO)CC3)ccc12. The van der Waals surface area contributed by atoms with Gasteiger partial charge in [0.05, 0.1) is 25.4 Å². The molecule has 31 heavy (non-hydrogen) atoms. The number of piperidine rings is 1. The number of hydrogen-bond acceptors (Lipinski definition) is 4. The van der Waals surface area contributed by atoms with Crippen molar-refractivity contribution in [3.8, 4) is 16.9 Å². The summed E-state index contributed by atoms with van der Waals surface area (Å²) in [7, 11) is 1.52. The first kappa shape index (κ1) is 21.3. The summed E-state index contributed by atoms with van der Waals surface area (Å²) in [6, 6.07) is 15.8. The number of rotatable bonds is 5. The first-order chi connectivity index (χ1) is 15.0. The van der Waals surface area contributed by atoms with Crippen molar-refractivity contribution < 1.29 is 24.1 Å². The highest BCUT2D eigenvalue weighted by molar-refractivity contribution is 6.03. The highest BCUT2D eigenvalue weighted by Gasteiger charge is 2.27. The van der Waals surface area contributed by atoms with Crippen LogP contribution in [0.5, 0.6) is 5.75 Å². The zero-order valence-corrected chi connectivity index (χ0v) is 17.4. The van der Waals surface area contributed by atoms with Crippen molar-refractivity contribution in [2.75, 3.05) is 26.8 Å². The molecule has 4 rings (SSSR count). The molecule has 162 valence electrons. The molecule has 3 aromatic rings. The van der Waals surface area contributed by atoms with Gasteiger partial charge in [-0.2, -0.15) is 0 Å². The predicted molar refractivity (Wildman–Crippen MR) is 118 cm³/mol. The molecule has 0 radical (unpaired) electrons. The van der Waals surface area contributed by atoms with E-state index in [1.54, 1.807) is 23.1 Å². The van der Waals surface area contributed by atoms with Crippen molar-refractivity contribution in [3.05, 3.63) is 66.0 Å². The smallest absolute Gasteiger partial charge is 0.253 e. The molecule has 1 saturated heterocycles. The number of aliphatic hydroxyl groups excluding tert-OH is 2. The van der Waals surface area contributed by atoms with Crippen molar-refractivity contribution in [1.29, 1.82) is 0 Å². The summed E-state index contributed by atoms with van der Waals surface area (Å²) in [6.45, 7) is 0.842. The Labute approximate surface area is 180 Å². The summed E-state index contributed by atoms with van der Waals surface area (Å²) < 4.78 is 20.0. The van der Waals surface area contributed by atoms with Gasteiger partial charge >= 0.3 is 0 Å². The van der Waals surface area contributed by atoms with E-state index < -0.39 is 6.10 Å². The second kappa shape index (κ2) is 9.04. The molecular weight excluding hydrogens is 397 g/mol. The Kier molecular flexibility index (Phi) is 6.20. The van der Waals surface area contributed by atoms with E-state index in [0.29, 0.717) is 48.4 Å². The minimum atomic E-state index is -0.730. The molecule has 1 aliphatic heterocycles. The number of carbonyl (C=O) groups is 1. The van der Waals surface area contributed by atoms with E-state index >= 15 is 0 Å². The maximum absolute atomic E-state index is 14.6. The van der Waals surface area contributed by atoms with Gasteiger partial charge in [0.25, 0.3) is 5.91 Å². The van der Waals surface area contributed by atoms with Crippen LogP contribution in [-0.2, 0) is 0 Å². The minimum absolute atomic E-state index is 0.0176. The lowest BCUT2D eigenvalue weighted by Gasteiger charge is -2.33. The van der Waals surface area contributed by atoms with Crippen LogP contribution in [0.25, 0.3) is 21.9 Å². The normalized spacial score (nSPS) is 15.8. The molecule has 1 unspecified atom stereocenters. The number of fused-ring (bicyclic) bond motifs is 1. The molecule has 0 saturated carbocycles. The Hall–Kier alpha value is -2.96. The van der Waals surface area contributed by atoms with E-state index in [4.69, 9.17) is 9.84 Å². The van der Waals surface area contributed by atoms with E-state index in [0.717, 1.165) is 10.8 Å². The molecule has 0 bridgehead atoms. The van der Waals surface area contributed by atoms with Crippen molar-refractivity contribution in [2.24, 2.45) is 5.92 Å². The fourth-order valence-electron chi connectivity index (χ4n) is 4.39. The predicted octanol–water partition coefficient (Wildman–Crippen LogP) is 3.86. The lowest BCUT2D eigenvalue weighted by molar-refractivity contribution is 0.0179. The Balaban J connectivity index is 1.63. The summed E-state index contributed by atoms with van der Waals surface area (Å²) in [4.78, 5) is 14.8. The number of amides is 1. The molecule has 0 aliphatic carbocycles. The first-order valence-corrected chi connectivity index (χ1v) is 10.5. The first-order valence-electron chi connectivity index (χ1n) is 10.5. The van der Waals surface area contributed by atoms with Crippen molar-refractivity contribution in [1.82, 2.24) is 4.90 Å². The van der Waals surface area contributed by atoms with Crippen LogP contribution in [0.2, 0.25) is 0 Å². The summed E-state index contributed by atoms with van der Waals surface area (Å²) >= 11 is 0. The van der Waals surface area contributed by atoms with E-state index in [-0.39, 0.29) is 24.2 Å². The minimum Gasteiger partial charge on any atom is -0.496 e. The molecule has 6 heteroatoms. The van der Waals surface area contributed by atoms with Gasteiger partial charge < -0.3 is 19.8 Å². The number of ether oxygens (including phenoxy) is 1. The van der Waals surface area contributed by atoms with Gasteiger partial charge in [-0.3, -0.25) is 4.79 Å². The van der Waals surface area contributed by atoms with Gasteiger partial charge in [-0.15, -0.1) is 0 Å². The molecule has 1 fully saturated rings. The third-order valence-corrected chi connectivity index (χ3v) is 6.15. The molecule has 1 atom stereocenters. The summed E-state index contributed by atoms with van der Waals surface area (Å²) in [5.41, 5.74) is 1.69. The third kappa shape index (κ3) is 4.13. The number of halogens is 1. The molecule has 1 aliphatic rings. The average Bonchev–Trinajstić information content (AvgIpc) is 2.82. The van der Waals surface area contributed by atoms with Crippen molar-refractivity contribution in [2.45, 2.75) is 18.9 Å². The van der Waals surface area contributed by atoms with Crippen LogP contribution in [0.15, 0.2) is 54.6 Å². The average molecular weight is 423 g/mol. The largest absolute Gasteiger partial charge is 0.496 e. The van der Waals surface area contributed by atoms with E-state index in [1.165, 1.54) is 13.2 Å². The molecule has 5 nitrogen and oxygen atoms in total. The van der Waals surface area contributed by atoms with Crippen LogP contribution in [0.1, 0.15) is 23.2 Å². The number of methoxy groups -OCH3 is 1. The number of hydrogen-bond donors (Lipinski definition) is 2. The van der Waals surface area contributed by atoms with E-state index in [1.807, 2.05) is 30.3 Å². The maximum atomic E-state index is 14.6. The molecule has 2 N–H and O–H groups in total. The quantitative estimate of drug-likeness (QED) is 0.654. The summed E-state index contributed by atoms with van der Waals surface area (Å²) in [6.07, 6.45) is 0.600. The number of carbonyl (C=O) groups excluding carboxylic acids is 1. The van der Waals surface area contributed by atoms with Crippen LogP contribution in [-0.4, -0.2) is 53.9 Å². The summed E-state index contributed by atoms with van der Waals surface area (Å²) in [5.74, 6) is 0.0530. The zero-order valence-electron chi connectivity index (χ0n) is 17.4. The number of benzene rings is 3. The lowest BCUT2D eigenvalue weighted by Crippen LogP contribution is -2.42. The Morgan fingerprint density at radius 2 is 1.90 bits per heavy atom. The molecule has 1 amide bonds. The molecule has 1 heterocycles. The standard InChI is InChI=1S/C25H26FNO4/c1-31-23-7-3-6-21(26)24(23)20-5-2-4-17-14-18(8-9-19(17)20)25(30)27-12-10-16(11-13-27)22(29)15-28/h2-9,14,16,22,28-29H,10-13,15H2,1H3. The van der Waals surface area contributed by atoms with Crippen LogP contribution >= 0.6 is 0 Å². The second-order valence-electron chi connectivity index (χ2n) is 7.94. The van der Waals surface area contributed by atoms with Gasteiger partial charge in [-0.05, 0) is 59.4 Å². The van der Waals surface area contributed by atoms with E-state index in [9.17, 15) is 14.3 Å². The van der Waals surface area contributed by atoms with Crippen molar-refractivity contribution >= 4 is 16.7 Å². The van der Waals surface area contributed by atoms with Gasteiger partial charge in [-0.1, -0.05) is 30.3 Å². The monoisotopic (exact) mass is 423 g/mol. The summed E-state index contributed by atoms with van der Waals surface area (Å²) in [5, 5.41) is 20.7. The van der Waals surface area contributed by atoms with Gasteiger partial charge in [0, 0.05) is 18.7 Å². The van der Waals surface area contributed by atoms with Crippen LogP contribution < -0.4 is 4.74 Å². The van der Waals surface area contributed by atoms with E-state index in [2.05, 4.69) is 0 Å². The second-order valence-corrected chi connectivity index (χ2v) is 7.94. The van der Waals surface area contributed by atoms with Crippen molar-refractivity contribution in [3.63, 3.8) is 0 Å². The third-order valence-electron chi connectivity index (χ3n) is 6.15. The highest BCUT2D eigenvalue weighted by Crippen LogP contribution is 2.37. The topological polar surface area (TPSA) is 70.0 Å². The molecule has 0 aromatic heterocycles. The van der Waals surface area contributed by atoms with Gasteiger partial charge in [0.2, 0.25) is 0 Å². The fraction of sp³-hybridized carbons (Fsp3) is 0.320. The van der Waals surface area contributed by atoms with Crippen LogP contribution in [0.3, 0.4) is 0 Å².